The van der Waals surface area contributed by atoms with Gasteiger partial charge in [-0.15, -0.1) is 0 Å². The van der Waals surface area contributed by atoms with Crippen LogP contribution in [0.15, 0.2) is 36.4 Å². The third-order valence-electron chi connectivity index (χ3n) is 4.97. The number of aromatic nitrogens is 3. The molecule has 0 saturated heterocycles. The van der Waals surface area contributed by atoms with Crippen molar-refractivity contribution in [2.45, 2.75) is 19.1 Å². The smallest absolute Gasteiger partial charge is 0.343 e. The maximum Gasteiger partial charge on any atom is 0.343 e. The van der Waals surface area contributed by atoms with Crippen LogP contribution in [-0.4, -0.2) is 48.4 Å². The Labute approximate surface area is 183 Å². The van der Waals surface area contributed by atoms with Gasteiger partial charge in [0.05, 0.1) is 20.6 Å². The van der Waals surface area contributed by atoms with Gasteiger partial charge < -0.3 is 24.3 Å². The van der Waals surface area contributed by atoms with Gasteiger partial charge in [-0.05, 0) is 18.2 Å². The average Bonchev–Trinajstić information content (AvgIpc) is 3.38. The summed E-state index contributed by atoms with van der Waals surface area (Å²) in [4.78, 5) is 29.4. The number of amides is 1. The molecule has 2 aromatic carbocycles. The summed E-state index contributed by atoms with van der Waals surface area (Å²) in [6.45, 7) is 0.321. The lowest BCUT2D eigenvalue weighted by Gasteiger charge is -2.13. The van der Waals surface area contributed by atoms with Crippen molar-refractivity contribution in [1.29, 1.82) is 0 Å². The molecule has 0 spiro atoms. The molecule has 1 amide bonds. The number of hydrogen-bond acceptors (Lipinski definition) is 8. The first-order chi connectivity index (χ1) is 15.5. The Balaban J connectivity index is 1.48. The minimum Gasteiger partial charge on any atom is -0.493 e. The molecule has 1 aliphatic heterocycles. The Hall–Kier alpha value is -3.92. The normalized spacial score (nSPS) is 14.6. The molecule has 10 nitrogen and oxygen atoms in total. The molecular formula is C22H22N4O6. The van der Waals surface area contributed by atoms with E-state index in [2.05, 4.69) is 20.5 Å². The highest BCUT2D eigenvalue weighted by Gasteiger charge is 2.36. The first kappa shape index (κ1) is 21.3. The van der Waals surface area contributed by atoms with Crippen molar-refractivity contribution in [1.82, 2.24) is 15.2 Å². The van der Waals surface area contributed by atoms with Gasteiger partial charge in [-0.3, -0.25) is 9.89 Å². The minimum absolute atomic E-state index is 0.0446. The summed E-state index contributed by atoms with van der Waals surface area (Å²) < 4.78 is 21.0. The van der Waals surface area contributed by atoms with Gasteiger partial charge in [0.25, 0.3) is 0 Å². The second-order valence-electron chi connectivity index (χ2n) is 7.03. The zero-order valence-corrected chi connectivity index (χ0v) is 17.8. The zero-order valence-electron chi connectivity index (χ0n) is 17.8. The van der Waals surface area contributed by atoms with Crippen LogP contribution in [0.5, 0.6) is 11.5 Å². The highest BCUT2D eigenvalue weighted by Crippen LogP contribution is 2.43. The van der Waals surface area contributed by atoms with Crippen molar-refractivity contribution in [3.05, 3.63) is 53.3 Å². The Morgan fingerprint density at radius 1 is 1.19 bits per heavy atom. The van der Waals surface area contributed by atoms with Crippen LogP contribution in [0.4, 0.5) is 5.69 Å². The second-order valence-corrected chi connectivity index (χ2v) is 7.03. The number of rotatable bonds is 8. The van der Waals surface area contributed by atoms with E-state index in [9.17, 15) is 9.59 Å². The van der Waals surface area contributed by atoms with Gasteiger partial charge >= 0.3 is 5.97 Å². The second kappa shape index (κ2) is 9.06. The molecule has 4 rings (SSSR count). The molecule has 2 N–H and O–H groups in total. The highest BCUT2D eigenvalue weighted by molar-refractivity contribution is 5.99. The molecular weight excluding hydrogens is 416 g/mol. The number of aromatic amines is 1. The number of nitrogens with zero attached hydrogens (tertiary/aromatic N) is 2. The van der Waals surface area contributed by atoms with E-state index in [1.807, 2.05) is 6.07 Å². The average molecular weight is 438 g/mol. The largest absolute Gasteiger partial charge is 0.493 e. The molecule has 2 heterocycles. The fraction of sp³-hybridized carbons (Fsp3) is 0.273. The van der Waals surface area contributed by atoms with Crippen LogP contribution in [0.1, 0.15) is 34.3 Å². The van der Waals surface area contributed by atoms with E-state index in [4.69, 9.17) is 18.9 Å². The monoisotopic (exact) mass is 438 g/mol. The lowest BCUT2D eigenvalue weighted by atomic mass is 10.0. The van der Waals surface area contributed by atoms with Crippen LogP contribution in [0.2, 0.25) is 0 Å². The lowest BCUT2D eigenvalue weighted by Crippen LogP contribution is -2.15. The van der Waals surface area contributed by atoms with Crippen LogP contribution in [0.25, 0.3) is 11.4 Å². The first-order valence-corrected chi connectivity index (χ1v) is 9.80. The van der Waals surface area contributed by atoms with Crippen LogP contribution in [0.3, 0.4) is 0 Å². The molecule has 32 heavy (non-hydrogen) atoms. The van der Waals surface area contributed by atoms with Gasteiger partial charge in [0, 0.05) is 23.9 Å². The first-order valence-electron chi connectivity index (χ1n) is 9.80. The number of benzene rings is 2. The number of cyclic esters (lactones) is 1. The number of hydrogen-bond donors (Lipinski definition) is 2. The van der Waals surface area contributed by atoms with Crippen molar-refractivity contribution < 1.29 is 28.5 Å². The Morgan fingerprint density at radius 3 is 2.78 bits per heavy atom. The van der Waals surface area contributed by atoms with Gasteiger partial charge in [-0.1, -0.05) is 18.2 Å². The van der Waals surface area contributed by atoms with Crippen molar-refractivity contribution >= 4 is 17.6 Å². The molecule has 0 radical (unpaired) electrons. The summed E-state index contributed by atoms with van der Waals surface area (Å²) >= 11 is 0. The number of carbonyl (C=O) groups excluding carboxylic acids is 2. The molecule has 166 valence electrons. The maximum atomic E-state index is 12.7. The number of carbonyl (C=O) groups is 2. The van der Waals surface area contributed by atoms with Gasteiger partial charge in [0.2, 0.25) is 5.91 Å². The minimum atomic E-state index is -0.718. The van der Waals surface area contributed by atoms with Crippen molar-refractivity contribution in [3.63, 3.8) is 0 Å². The van der Waals surface area contributed by atoms with Crippen LogP contribution in [0, 0.1) is 0 Å². The van der Waals surface area contributed by atoms with E-state index >= 15 is 0 Å². The summed E-state index contributed by atoms with van der Waals surface area (Å²) in [6.07, 6.45) is -0.762. The number of H-pyrrole nitrogens is 1. The number of methoxy groups -OCH3 is 3. The van der Waals surface area contributed by atoms with Crippen molar-refractivity contribution in [3.8, 4) is 22.9 Å². The van der Waals surface area contributed by atoms with Gasteiger partial charge in [0.1, 0.15) is 18.3 Å². The molecule has 0 fully saturated rings. The maximum absolute atomic E-state index is 12.7. The highest BCUT2D eigenvalue weighted by atomic mass is 16.6. The molecule has 0 aliphatic carbocycles. The Morgan fingerprint density at radius 2 is 2.03 bits per heavy atom. The SMILES string of the molecule is COCc1nc(-c2cccc(NC(=O)CC3OC(=O)c4c3ccc(OC)c4OC)c2)n[nH]1. The van der Waals surface area contributed by atoms with Gasteiger partial charge in [0.15, 0.2) is 23.1 Å². The number of ether oxygens (including phenoxy) is 4. The van der Waals surface area contributed by atoms with Crippen molar-refractivity contribution in [2.24, 2.45) is 0 Å². The number of anilines is 1. The summed E-state index contributed by atoms with van der Waals surface area (Å²) in [5, 5.41) is 9.80. The molecule has 0 bridgehead atoms. The van der Waals surface area contributed by atoms with Crippen LogP contribution in [-0.2, 0) is 20.9 Å². The fourth-order valence-corrected chi connectivity index (χ4v) is 3.57. The van der Waals surface area contributed by atoms with Gasteiger partial charge in [-0.2, -0.15) is 5.10 Å². The Kier molecular flexibility index (Phi) is 6.04. The quantitative estimate of drug-likeness (QED) is 0.515. The van der Waals surface area contributed by atoms with E-state index in [1.165, 1.54) is 14.2 Å². The zero-order chi connectivity index (χ0) is 22.7. The van der Waals surface area contributed by atoms with Crippen molar-refractivity contribution in [2.75, 3.05) is 26.6 Å². The topological polar surface area (TPSA) is 125 Å². The van der Waals surface area contributed by atoms with E-state index in [1.54, 1.807) is 37.4 Å². The summed E-state index contributed by atoms with van der Waals surface area (Å²) in [5.41, 5.74) is 2.17. The molecule has 10 heteroatoms. The molecule has 1 atom stereocenters. The molecule has 0 saturated carbocycles. The lowest BCUT2D eigenvalue weighted by molar-refractivity contribution is -0.118. The summed E-state index contributed by atoms with van der Waals surface area (Å²) in [5.74, 6) is 0.957. The van der Waals surface area contributed by atoms with Gasteiger partial charge in [-0.25, -0.2) is 9.78 Å². The molecule has 3 aromatic rings. The third-order valence-corrected chi connectivity index (χ3v) is 4.97. The van der Waals surface area contributed by atoms with E-state index in [0.717, 1.165) is 5.56 Å². The van der Waals surface area contributed by atoms with Crippen LogP contribution < -0.4 is 14.8 Å². The van der Waals surface area contributed by atoms with E-state index in [-0.39, 0.29) is 17.9 Å². The molecule has 1 aromatic heterocycles. The van der Waals surface area contributed by atoms with Crippen LogP contribution >= 0.6 is 0 Å². The number of nitrogens with one attached hydrogen (secondary N) is 2. The standard InChI is InChI=1S/C22H22N4O6/c1-29-11-17-24-21(26-25-17)12-5-4-6-13(9-12)23-18(27)10-16-14-7-8-15(30-2)20(31-3)19(14)22(28)32-16/h4-9,16H,10-11H2,1-3H3,(H,23,27)(H,24,25,26). The third kappa shape index (κ3) is 4.12. The number of esters is 1. The molecule has 1 aliphatic rings. The predicted molar refractivity (Wildman–Crippen MR) is 113 cm³/mol. The fourth-order valence-electron chi connectivity index (χ4n) is 3.57. The van der Waals surface area contributed by atoms with E-state index < -0.39 is 12.1 Å². The predicted octanol–water partition coefficient (Wildman–Crippen LogP) is 2.88. The van der Waals surface area contributed by atoms with E-state index in [0.29, 0.717) is 41.0 Å². The number of fused-ring (bicyclic) bond motifs is 1. The summed E-state index contributed by atoms with van der Waals surface area (Å²) in [6, 6.07) is 10.5. The Bertz CT molecular complexity index is 1160. The summed E-state index contributed by atoms with van der Waals surface area (Å²) in [7, 11) is 4.51. The molecule has 1 unspecified atom stereocenters.